The average Bonchev–Trinajstić information content (AvgIpc) is 2.61. The van der Waals surface area contributed by atoms with Gasteiger partial charge in [-0.1, -0.05) is 25.5 Å². The summed E-state index contributed by atoms with van der Waals surface area (Å²) in [6, 6.07) is 6.45. The Morgan fingerprint density at radius 3 is 2.40 bits per heavy atom. The van der Waals surface area contributed by atoms with E-state index >= 15 is 0 Å². The van der Waals surface area contributed by atoms with Gasteiger partial charge in [0.1, 0.15) is 0 Å². The number of hydrogen-bond donors (Lipinski definition) is 2. The van der Waals surface area contributed by atoms with Gasteiger partial charge >= 0.3 is 11.9 Å². The monoisotopic (exact) mass is 362 g/mol. The van der Waals surface area contributed by atoms with Crippen LogP contribution >= 0.6 is 12.2 Å². The van der Waals surface area contributed by atoms with Gasteiger partial charge in [-0.2, -0.15) is 0 Å². The molecule has 2 N–H and O–H groups in total. The second kappa shape index (κ2) is 8.62. The molecule has 134 valence electrons. The molecule has 1 aliphatic rings. The Labute approximate surface area is 152 Å². The van der Waals surface area contributed by atoms with E-state index in [0.29, 0.717) is 29.3 Å². The fourth-order valence-corrected chi connectivity index (χ4v) is 2.94. The smallest absolute Gasteiger partial charge is 0.338 e. The zero-order valence-corrected chi connectivity index (χ0v) is 15.4. The van der Waals surface area contributed by atoms with Gasteiger partial charge in [0.2, 0.25) is 0 Å². The summed E-state index contributed by atoms with van der Waals surface area (Å²) in [6.07, 6.45) is 1.55. The number of allylic oxidation sites excluding steroid dienone is 1. The third kappa shape index (κ3) is 4.36. The van der Waals surface area contributed by atoms with Crippen LogP contribution in [0.15, 0.2) is 35.5 Å². The van der Waals surface area contributed by atoms with Crippen LogP contribution in [0.4, 0.5) is 0 Å². The number of nitrogens with one attached hydrogen (secondary N) is 2. The topological polar surface area (TPSA) is 76.7 Å². The number of benzene rings is 1. The molecule has 0 radical (unpaired) electrons. The Morgan fingerprint density at radius 1 is 1.16 bits per heavy atom. The number of ether oxygens (including phenoxy) is 2. The quantitative estimate of drug-likeness (QED) is 0.595. The third-order valence-corrected chi connectivity index (χ3v) is 4.03. The zero-order valence-electron chi connectivity index (χ0n) is 14.5. The highest BCUT2D eigenvalue weighted by Gasteiger charge is 2.32. The first kappa shape index (κ1) is 18.9. The maximum atomic E-state index is 12.5. The van der Waals surface area contributed by atoms with Crippen LogP contribution in [0.5, 0.6) is 0 Å². The summed E-state index contributed by atoms with van der Waals surface area (Å²) in [5.41, 5.74) is 2.54. The highest BCUT2D eigenvalue weighted by atomic mass is 32.1. The fourth-order valence-electron chi connectivity index (χ4n) is 2.69. The molecule has 1 atom stereocenters. The Kier molecular flexibility index (Phi) is 6.52. The van der Waals surface area contributed by atoms with Gasteiger partial charge in [-0.05, 0) is 43.3 Å². The van der Waals surface area contributed by atoms with E-state index in [9.17, 15) is 9.59 Å². The van der Waals surface area contributed by atoms with E-state index in [1.54, 1.807) is 31.2 Å². The van der Waals surface area contributed by atoms with E-state index in [4.69, 9.17) is 21.7 Å². The third-order valence-electron chi connectivity index (χ3n) is 3.81. The average molecular weight is 362 g/mol. The van der Waals surface area contributed by atoms with Gasteiger partial charge in [0.15, 0.2) is 5.11 Å². The first-order chi connectivity index (χ1) is 12.0. The Balaban J connectivity index is 2.44. The standard InChI is InChI=1S/C18H22N2O4S/c1-4-6-13-14(17(22)24-5-2)15(20-18(25)19-13)11-7-9-12(10-8-11)16(21)23-3/h7-10,15H,4-6H2,1-3H3,(H2,19,20,25)/t15-/m1/s1. The summed E-state index contributed by atoms with van der Waals surface area (Å²) >= 11 is 5.28. The minimum absolute atomic E-state index is 0.292. The maximum Gasteiger partial charge on any atom is 0.338 e. The molecule has 1 aromatic rings. The molecule has 1 heterocycles. The van der Waals surface area contributed by atoms with Crippen LogP contribution in [0.2, 0.25) is 0 Å². The summed E-state index contributed by atoms with van der Waals surface area (Å²) in [4.78, 5) is 24.1. The Hall–Kier alpha value is -2.41. The molecular formula is C18H22N2O4S. The van der Waals surface area contributed by atoms with E-state index in [-0.39, 0.29) is 5.97 Å². The van der Waals surface area contributed by atoms with Gasteiger partial charge in [-0.3, -0.25) is 0 Å². The van der Waals surface area contributed by atoms with Crippen molar-refractivity contribution in [1.82, 2.24) is 10.6 Å². The van der Waals surface area contributed by atoms with Gasteiger partial charge in [-0.25, -0.2) is 9.59 Å². The van der Waals surface area contributed by atoms with Crippen molar-refractivity contribution in [3.63, 3.8) is 0 Å². The highest BCUT2D eigenvalue weighted by molar-refractivity contribution is 7.80. The predicted octanol–water partition coefficient (Wildman–Crippen LogP) is 2.61. The van der Waals surface area contributed by atoms with Crippen LogP contribution in [-0.2, 0) is 14.3 Å². The van der Waals surface area contributed by atoms with Crippen LogP contribution in [0.1, 0.15) is 48.7 Å². The summed E-state index contributed by atoms with van der Waals surface area (Å²) in [7, 11) is 1.33. The number of carbonyl (C=O) groups is 2. The minimum atomic E-state index is -0.430. The maximum absolute atomic E-state index is 12.5. The molecule has 0 bridgehead atoms. The van der Waals surface area contributed by atoms with Crippen LogP contribution in [0.3, 0.4) is 0 Å². The van der Waals surface area contributed by atoms with Crippen molar-refractivity contribution in [2.75, 3.05) is 13.7 Å². The number of methoxy groups -OCH3 is 1. The van der Waals surface area contributed by atoms with Crippen LogP contribution < -0.4 is 10.6 Å². The lowest BCUT2D eigenvalue weighted by Crippen LogP contribution is -2.45. The summed E-state index contributed by atoms with van der Waals surface area (Å²) in [6.45, 7) is 4.09. The van der Waals surface area contributed by atoms with E-state index in [1.807, 2.05) is 6.92 Å². The molecule has 0 aliphatic carbocycles. The lowest BCUT2D eigenvalue weighted by atomic mass is 9.93. The molecule has 1 aliphatic heterocycles. The molecule has 1 aromatic carbocycles. The van der Waals surface area contributed by atoms with Crippen molar-refractivity contribution in [3.05, 3.63) is 46.7 Å². The molecular weight excluding hydrogens is 340 g/mol. The van der Waals surface area contributed by atoms with Crippen molar-refractivity contribution in [2.24, 2.45) is 0 Å². The summed E-state index contributed by atoms with van der Waals surface area (Å²) in [5.74, 6) is -0.788. The predicted molar refractivity (Wildman–Crippen MR) is 98.0 cm³/mol. The van der Waals surface area contributed by atoms with Crippen molar-refractivity contribution < 1.29 is 19.1 Å². The molecule has 7 heteroatoms. The van der Waals surface area contributed by atoms with E-state index < -0.39 is 12.0 Å². The number of thiocarbonyl (C=S) groups is 1. The molecule has 0 saturated heterocycles. The molecule has 6 nitrogen and oxygen atoms in total. The van der Waals surface area contributed by atoms with Crippen molar-refractivity contribution >= 4 is 29.3 Å². The zero-order chi connectivity index (χ0) is 18.4. The second-order valence-corrected chi connectivity index (χ2v) is 5.92. The Morgan fingerprint density at radius 2 is 1.84 bits per heavy atom. The van der Waals surface area contributed by atoms with Crippen molar-refractivity contribution in [2.45, 2.75) is 32.7 Å². The lowest BCUT2D eigenvalue weighted by Gasteiger charge is -2.31. The highest BCUT2D eigenvalue weighted by Crippen LogP contribution is 2.29. The van der Waals surface area contributed by atoms with Gasteiger partial charge in [0.05, 0.1) is 30.9 Å². The summed E-state index contributed by atoms with van der Waals surface area (Å²) < 4.78 is 9.94. The van der Waals surface area contributed by atoms with Crippen molar-refractivity contribution in [1.29, 1.82) is 0 Å². The molecule has 0 fully saturated rings. The number of hydrogen-bond acceptors (Lipinski definition) is 5. The first-order valence-electron chi connectivity index (χ1n) is 8.17. The Bertz CT molecular complexity index is 698. The van der Waals surface area contributed by atoms with Crippen molar-refractivity contribution in [3.8, 4) is 0 Å². The number of esters is 2. The summed E-state index contributed by atoms with van der Waals surface area (Å²) in [5, 5.41) is 6.65. The van der Waals surface area contributed by atoms with Crippen LogP contribution in [0.25, 0.3) is 0 Å². The van der Waals surface area contributed by atoms with Gasteiger partial charge < -0.3 is 20.1 Å². The largest absolute Gasteiger partial charge is 0.465 e. The SMILES string of the molecule is CCCC1=C(C(=O)OCC)[C@@H](c2ccc(C(=O)OC)cc2)NC(=S)N1. The van der Waals surface area contributed by atoms with E-state index in [1.165, 1.54) is 7.11 Å². The molecule has 0 unspecified atom stereocenters. The van der Waals surface area contributed by atoms with Gasteiger partial charge in [0, 0.05) is 5.70 Å². The fraction of sp³-hybridized carbons (Fsp3) is 0.389. The van der Waals surface area contributed by atoms with E-state index in [0.717, 1.165) is 17.7 Å². The van der Waals surface area contributed by atoms with Crippen LogP contribution in [0, 0.1) is 0 Å². The second-order valence-electron chi connectivity index (χ2n) is 5.51. The van der Waals surface area contributed by atoms with Crippen LogP contribution in [-0.4, -0.2) is 30.8 Å². The van der Waals surface area contributed by atoms with Gasteiger partial charge in [-0.15, -0.1) is 0 Å². The van der Waals surface area contributed by atoms with Gasteiger partial charge in [0.25, 0.3) is 0 Å². The lowest BCUT2D eigenvalue weighted by molar-refractivity contribution is -0.139. The molecule has 2 rings (SSSR count). The number of carbonyl (C=O) groups excluding carboxylic acids is 2. The minimum Gasteiger partial charge on any atom is -0.465 e. The first-order valence-corrected chi connectivity index (χ1v) is 8.58. The number of rotatable bonds is 6. The molecule has 0 spiro atoms. The molecule has 0 amide bonds. The molecule has 25 heavy (non-hydrogen) atoms. The molecule has 0 saturated carbocycles. The normalized spacial score (nSPS) is 16.8. The molecule has 0 aromatic heterocycles. The van der Waals surface area contributed by atoms with E-state index in [2.05, 4.69) is 10.6 Å².